The van der Waals surface area contributed by atoms with Crippen LogP contribution in [-0.2, 0) is 4.74 Å². The van der Waals surface area contributed by atoms with Crippen LogP contribution in [0, 0.1) is 0 Å². The summed E-state index contributed by atoms with van der Waals surface area (Å²) < 4.78 is 4.40. The molecule has 1 rings (SSSR count). The van der Waals surface area contributed by atoms with Gasteiger partial charge in [0.15, 0.2) is 5.69 Å². The molecule has 0 aliphatic carbocycles. The number of rotatable bonds is 1. The highest BCUT2D eigenvalue weighted by atomic mass is 35.5. The number of hydrogen-bond acceptors (Lipinski definition) is 4. The minimum absolute atomic E-state index is 0.0872. The fraction of sp³-hybridized carbons (Fsp3) is 0.167. The number of hydrogen-bond donors (Lipinski definition) is 0. The minimum Gasteiger partial charge on any atom is -0.464 e. The van der Waals surface area contributed by atoms with Crippen LogP contribution < -0.4 is 0 Å². The van der Waals surface area contributed by atoms with Crippen molar-refractivity contribution in [2.45, 2.75) is 0 Å². The van der Waals surface area contributed by atoms with E-state index < -0.39 is 5.97 Å². The first-order valence-electron chi connectivity index (χ1n) is 2.79. The van der Waals surface area contributed by atoms with Crippen LogP contribution in [0.25, 0.3) is 0 Å². The van der Waals surface area contributed by atoms with Gasteiger partial charge in [-0.25, -0.2) is 14.8 Å². The van der Waals surface area contributed by atoms with Crippen molar-refractivity contribution in [3.63, 3.8) is 0 Å². The smallest absolute Gasteiger partial charge is 0.358 e. The van der Waals surface area contributed by atoms with Crippen molar-refractivity contribution in [2.75, 3.05) is 7.11 Å². The topological polar surface area (TPSA) is 52.1 Å². The van der Waals surface area contributed by atoms with Crippen LogP contribution in [0.2, 0.25) is 5.02 Å². The lowest BCUT2D eigenvalue weighted by Gasteiger charge is -1.97. The van der Waals surface area contributed by atoms with Crippen molar-refractivity contribution in [1.82, 2.24) is 9.97 Å². The highest BCUT2D eigenvalue weighted by molar-refractivity contribution is 6.33. The Hall–Kier alpha value is -1.16. The molecule has 0 aromatic carbocycles. The van der Waals surface area contributed by atoms with Gasteiger partial charge in [0.05, 0.1) is 12.1 Å². The van der Waals surface area contributed by atoms with Crippen molar-refractivity contribution >= 4 is 17.6 Å². The number of esters is 1. The van der Waals surface area contributed by atoms with Gasteiger partial charge >= 0.3 is 5.97 Å². The van der Waals surface area contributed by atoms with Crippen LogP contribution in [0.4, 0.5) is 0 Å². The lowest BCUT2D eigenvalue weighted by molar-refractivity contribution is 0.0594. The van der Waals surface area contributed by atoms with E-state index >= 15 is 0 Å². The van der Waals surface area contributed by atoms with E-state index in [1.807, 2.05) is 0 Å². The zero-order valence-electron chi connectivity index (χ0n) is 5.74. The molecule has 0 saturated heterocycles. The number of ether oxygens (including phenoxy) is 1. The first-order valence-corrected chi connectivity index (χ1v) is 3.17. The summed E-state index contributed by atoms with van der Waals surface area (Å²) in [4.78, 5) is 18.1. The van der Waals surface area contributed by atoms with Crippen molar-refractivity contribution in [3.05, 3.63) is 23.2 Å². The summed E-state index contributed by atoms with van der Waals surface area (Å²) in [6.45, 7) is 0. The summed E-state index contributed by atoms with van der Waals surface area (Å²) in [7, 11) is 1.26. The highest BCUT2D eigenvalue weighted by Crippen LogP contribution is 2.10. The fourth-order valence-electron chi connectivity index (χ4n) is 0.560. The Balaban J connectivity index is 3.03. The molecule has 0 radical (unpaired) electrons. The Labute approximate surface area is 68.2 Å². The van der Waals surface area contributed by atoms with Crippen LogP contribution >= 0.6 is 11.6 Å². The van der Waals surface area contributed by atoms with E-state index in [1.54, 1.807) is 0 Å². The Bertz CT molecular complexity index is 277. The third-order valence-corrected chi connectivity index (χ3v) is 1.32. The van der Waals surface area contributed by atoms with Crippen molar-refractivity contribution in [2.24, 2.45) is 0 Å². The molecule has 0 N–H and O–H groups in total. The molecular weight excluding hydrogens is 168 g/mol. The van der Waals surface area contributed by atoms with Gasteiger partial charge in [-0.1, -0.05) is 11.6 Å². The first-order chi connectivity index (χ1) is 5.25. The molecule has 0 aliphatic rings. The molecule has 1 aromatic rings. The van der Waals surface area contributed by atoms with E-state index in [2.05, 4.69) is 14.7 Å². The van der Waals surface area contributed by atoms with Gasteiger partial charge in [-0.2, -0.15) is 0 Å². The van der Waals surface area contributed by atoms with Crippen molar-refractivity contribution in [1.29, 1.82) is 0 Å². The third-order valence-electron chi connectivity index (χ3n) is 1.05. The quantitative estimate of drug-likeness (QED) is 0.591. The SMILES string of the molecule is COC(=O)c1ncncc1Cl. The molecule has 0 spiro atoms. The zero-order valence-corrected chi connectivity index (χ0v) is 6.50. The van der Waals surface area contributed by atoms with E-state index in [9.17, 15) is 4.79 Å². The molecule has 0 aliphatic heterocycles. The van der Waals surface area contributed by atoms with E-state index in [0.29, 0.717) is 0 Å². The van der Waals surface area contributed by atoms with Gasteiger partial charge in [0.1, 0.15) is 6.33 Å². The van der Waals surface area contributed by atoms with Gasteiger partial charge in [0.2, 0.25) is 0 Å². The van der Waals surface area contributed by atoms with Crippen LogP contribution in [-0.4, -0.2) is 23.0 Å². The maximum Gasteiger partial charge on any atom is 0.358 e. The molecule has 11 heavy (non-hydrogen) atoms. The van der Waals surface area contributed by atoms with E-state index in [1.165, 1.54) is 19.6 Å². The summed E-state index contributed by atoms with van der Waals surface area (Å²) >= 11 is 5.57. The molecule has 0 atom stereocenters. The number of nitrogens with zero attached hydrogens (tertiary/aromatic N) is 2. The molecule has 58 valence electrons. The van der Waals surface area contributed by atoms with E-state index in [4.69, 9.17) is 11.6 Å². The van der Waals surface area contributed by atoms with Gasteiger partial charge in [-0.15, -0.1) is 0 Å². The maximum absolute atomic E-state index is 10.8. The fourth-order valence-corrected chi connectivity index (χ4v) is 0.742. The number of methoxy groups -OCH3 is 1. The lowest BCUT2D eigenvalue weighted by Crippen LogP contribution is -2.04. The average Bonchev–Trinajstić information content (AvgIpc) is 2.04. The second-order valence-electron chi connectivity index (χ2n) is 1.71. The lowest BCUT2D eigenvalue weighted by atomic mass is 10.4. The largest absolute Gasteiger partial charge is 0.464 e. The predicted octanol–water partition coefficient (Wildman–Crippen LogP) is 0.917. The van der Waals surface area contributed by atoms with Crippen molar-refractivity contribution < 1.29 is 9.53 Å². The Morgan fingerprint density at radius 3 is 3.00 bits per heavy atom. The summed E-state index contributed by atoms with van der Waals surface area (Å²) in [5.41, 5.74) is 0.0872. The standard InChI is InChI=1S/C6H5ClN2O2/c1-11-6(10)5-4(7)2-8-3-9-5/h2-3H,1H3. The van der Waals surface area contributed by atoms with Crippen LogP contribution in [0.1, 0.15) is 10.5 Å². The molecular formula is C6H5ClN2O2. The number of carbonyl (C=O) groups is 1. The van der Waals surface area contributed by atoms with Gasteiger partial charge in [0, 0.05) is 6.20 Å². The van der Waals surface area contributed by atoms with Gasteiger partial charge < -0.3 is 4.74 Å². The zero-order chi connectivity index (χ0) is 8.27. The van der Waals surface area contributed by atoms with Crippen molar-refractivity contribution in [3.8, 4) is 0 Å². The molecule has 5 heteroatoms. The summed E-state index contributed by atoms with van der Waals surface area (Å²) in [6.07, 6.45) is 2.57. The molecule has 4 nitrogen and oxygen atoms in total. The minimum atomic E-state index is -0.558. The van der Waals surface area contributed by atoms with E-state index in [-0.39, 0.29) is 10.7 Å². The summed E-state index contributed by atoms with van der Waals surface area (Å²) in [5.74, 6) is -0.558. The maximum atomic E-state index is 10.8. The van der Waals surface area contributed by atoms with Crippen LogP contribution in [0.15, 0.2) is 12.5 Å². The Morgan fingerprint density at radius 1 is 1.73 bits per heavy atom. The van der Waals surface area contributed by atoms with Gasteiger partial charge in [-0.3, -0.25) is 0 Å². The average molecular weight is 173 g/mol. The molecule has 0 amide bonds. The predicted molar refractivity (Wildman–Crippen MR) is 38.4 cm³/mol. The molecule has 1 aromatic heterocycles. The summed E-state index contributed by atoms with van der Waals surface area (Å²) in [5, 5.41) is 0.194. The second kappa shape index (κ2) is 3.30. The third kappa shape index (κ3) is 1.65. The molecule has 0 unspecified atom stereocenters. The Morgan fingerprint density at radius 2 is 2.45 bits per heavy atom. The molecule has 0 bridgehead atoms. The molecule has 0 fully saturated rings. The normalized spacial score (nSPS) is 9.27. The van der Waals surface area contributed by atoms with Gasteiger partial charge in [-0.05, 0) is 0 Å². The second-order valence-corrected chi connectivity index (χ2v) is 2.12. The van der Waals surface area contributed by atoms with E-state index in [0.717, 1.165) is 0 Å². The Kier molecular flexibility index (Phi) is 2.38. The van der Waals surface area contributed by atoms with Crippen LogP contribution in [0.3, 0.4) is 0 Å². The number of halogens is 1. The first kappa shape index (κ1) is 7.94. The van der Waals surface area contributed by atoms with Crippen LogP contribution in [0.5, 0.6) is 0 Å². The summed E-state index contributed by atoms with van der Waals surface area (Å²) in [6, 6.07) is 0. The molecule has 0 saturated carbocycles. The monoisotopic (exact) mass is 172 g/mol. The molecule has 1 heterocycles. The highest BCUT2D eigenvalue weighted by Gasteiger charge is 2.10. The number of aromatic nitrogens is 2. The van der Waals surface area contributed by atoms with Gasteiger partial charge in [0.25, 0.3) is 0 Å². The number of carbonyl (C=O) groups excluding carboxylic acids is 1.